The number of benzene rings is 2. The van der Waals surface area contributed by atoms with Gasteiger partial charge in [0.1, 0.15) is 5.75 Å². The Balaban J connectivity index is 1.43. The predicted octanol–water partition coefficient (Wildman–Crippen LogP) is 4.71. The van der Waals surface area contributed by atoms with Crippen molar-refractivity contribution in [2.75, 3.05) is 39.3 Å². The largest absolute Gasteiger partial charge is 0.496 e. The van der Waals surface area contributed by atoms with Crippen LogP contribution in [0, 0.1) is 5.41 Å². The third kappa shape index (κ3) is 4.06. The number of methoxy groups -OCH3 is 2. The fourth-order valence-corrected chi connectivity index (χ4v) is 10.6. The second kappa shape index (κ2) is 11.4. The van der Waals surface area contributed by atoms with Crippen LogP contribution in [-0.4, -0.2) is 89.6 Å². The van der Waals surface area contributed by atoms with E-state index in [-0.39, 0.29) is 12.0 Å². The maximum atomic E-state index is 14.2. The van der Waals surface area contributed by atoms with Crippen molar-refractivity contribution in [1.29, 1.82) is 0 Å². The van der Waals surface area contributed by atoms with Crippen LogP contribution in [-0.2, 0) is 31.5 Å². The highest BCUT2D eigenvalue weighted by atomic mass is 16.6. The maximum Gasteiger partial charge on any atom is 0.344 e. The van der Waals surface area contributed by atoms with Crippen LogP contribution in [0.2, 0.25) is 0 Å². The molecule has 0 bridgehead atoms. The van der Waals surface area contributed by atoms with Crippen LogP contribution in [0.15, 0.2) is 79.1 Å². The number of hydrogen-bond acceptors (Lipinski definition) is 9. The van der Waals surface area contributed by atoms with E-state index < -0.39 is 40.5 Å². The average Bonchev–Trinajstić information content (AvgIpc) is 3.76. The molecule has 1 aliphatic carbocycles. The third-order valence-electron chi connectivity index (χ3n) is 12.4. The number of hydrogen-bond donors (Lipinski definition) is 1. The fraction of sp³-hybridized carbons (Fsp3) is 0.425. The van der Waals surface area contributed by atoms with Gasteiger partial charge in [0.05, 0.1) is 26.2 Å². The number of carbonyl (C=O) groups excluding carboxylic acids is 2. The molecular weight excluding hydrogens is 632 g/mol. The number of aromatic nitrogens is 2. The second-order valence-electron chi connectivity index (χ2n) is 14.4. The number of pyridine rings is 1. The molecule has 8 rings (SSSR count). The number of aliphatic hydroxyl groups is 1. The van der Waals surface area contributed by atoms with Crippen molar-refractivity contribution in [2.24, 2.45) is 12.5 Å². The Labute approximate surface area is 292 Å². The summed E-state index contributed by atoms with van der Waals surface area (Å²) in [7, 11) is 6.97. The first kappa shape index (κ1) is 32.5. The van der Waals surface area contributed by atoms with E-state index in [9.17, 15) is 14.7 Å². The van der Waals surface area contributed by atoms with Crippen LogP contribution in [0.5, 0.6) is 5.75 Å². The lowest BCUT2D eigenvalue weighted by atomic mass is 9.47. The van der Waals surface area contributed by atoms with Crippen molar-refractivity contribution < 1.29 is 28.9 Å². The molecule has 0 radical (unpaired) electrons. The first-order chi connectivity index (χ1) is 24.1. The first-order valence-electron chi connectivity index (χ1n) is 17.4. The number of likely N-dealkylation sites (N-methyl/N-ethyl adjacent to an activating group) is 1. The Morgan fingerprint density at radius 3 is 2.56 bits per heavy atom. The van der Waals surface area contributed by atoms with Crippen LogP contribution in [0.25, 0.3) is 10.9 Å². The number of carbonyl (C=O) groups is 2. The summed E-state index contributed by atoms with van der Waals surface area (Å²) in [5.41, 5.74) is 2.29. The maximum absolute atomic E-state index is 14.2. The van der Waals surface area contributed by atoms with Crippen molar-refractivity contribution in [2.45, 2.75) is 61.8 Å². The summed E-state index contributed by atoms with van der Waals surface area (Å²) < 4.78 is 20.0. The Morgan fingerprint density at radius 1 is 1.08 bits per heavy atom. The fourth-order valence-electron chi connectivity index (χ4n) is 10.6. The van der Waals surface area contributed by atoms with Gasteiger partial charge in [0.25, 0.3) is 0 Å². The number of anilines is 1. The molecule has 1 saturated carbocycles. The second-order valence-corrected chi connectivity index (χ2v) is 14.4. The van der Waals surface area contributed by atoms with Crippen molar-refractivity contribution >= 4 is 28.5 Å². The highest BCUT2D eigenvalue weighted by molar-refractivity contribution is 5.87. The molecule has 7 atom stereocenters. The van der Waals surface area contributed by atoms with Crippen LogP contribution >= 0.6 is 0 Å². The van der Waals surface area contributed by atoms with Crippen molar-refractivity contribution in [1.82, 2.24) is 14.5 Å². The monoisotopic (exact) mass is 676 g/mol. The average molecular weight is 677 g/mol. The normalized spacial score (nSPS) is 30.1. The van der Waals surface area contributed by atoms with Gasteiger partial charge in [-0.05, 0) is 60.2 Å². The quantitative estimate of drug-likeness (QED) is 0.220. The topological polar surface area (TPSA) is 106 Å². The van der Waals surface area contributed by atoms with E-state index in [0.29, 0.717) is 18.6 Å². The molecule has 2 aromatic heterocycles. The predicted molar refractivity (Wildman–Crippen MR) is 189 cm³/mol. The molecule has 260 valence electrons. The molecule has 2 aromatic carbocycles. The number of esters is 2. The zero-order valence-electron chi connectivity index (χ0n) is 29.4. The molecule has 5 heterocycles. The molecule has 2 fully saturated rings. The summed E-state index contributed by atoms with van der Waals surface area (Å²) >= 11 is 0. The van der Waals surface area contributed by atoms with Crippen molar-refractivity contribution in [3.63, 3.8) is 0 Å². The summed E-state index contributed by atoms with van der Waals surface area (Å²) in [6.45, 7) is 4.85. The van der Waals surface area contributed by atoms with Gasteiger partial charge in [-0.25, -0.2) is 4.79 Å². The Morgan fingerprint density at radius 2 is 1.88 bits per heavy atom. The number of para-hydroxylation sites is 1. The number of ether oxygens (including phenoxy) is 3. The number of fused-ring (bicyclic) bond motifs is 2. The van der Waals surface area contributed by atoms with Crippen molar-refractivity contribution in [3.8, 4) is 5.75 Å². The van der Waals surface area contributed by atoms with Crippen LogP contribution in [0.3, 0.4) is 0 Å². The van der Waals surface area contributed by atoms with Gasteiger partial charge in [0.15, 0.2) is 6.10 Å². The lowest BCUT2D eigenvalue weighted by molar-refractivity contribution is -0.228. The molecular formula is C40H44N4O6. The van der Waals surface area contributed by atoms with Gasteiger partial charge in [-0.3, -0.25) is 14.7 Å². The molecule has 50 heavy (non-hydrogen) atoms. The first-order valence-corrected chi connectivity index (χ1v) is 17.4. The molecule has 10 heteroatoms. The molecule has 3 aliphatic heterocycles. The number of aryl methyl sites for hydroxylation is 1. The molecule has 10 nitrogen and oxygen atoms in total. The van der Waals surface area contributed by atoms with Crippen LogP contribution in [0.4, 0.5) is 5.69 Å². The summed E-state index contributed by atoms with van der Waals surface area (Å²) in [4.78, 5) is 36.0. The molecule has 4 aromatic rings. The highest BCUT2D eigenvalue weighted by Gasteiger charge is 2.80. The van der Waals surface area contributed by atoms with Gasteiger partial charge in [0.2, 0.25) is 5.60 Å². The number of rotatable bonds is 7. The number of nitrogens with zero attached hydrogens (tertiary/aromatic N) is 4. The van der Waals surface area contributed by atoms with Gasteiger partial charge in [-0.1, -0.05) is 43.3 Å². The van der Waals surface area contributed by atoms with Gasteiger partial charge in [-0.15, -0.1) is 0 Å². The third-order valence-corrected chi connectivity index (χ3v) is 12.4. The lowest BCUT2D eigenvalue weighted by Crippen LogP contribution is -2.81. The molecule has 7 unspecified atom stereocenters. The van der Waals surface area contributed by atoms with Crippen LogP contribution < -0.4 is 9.64 Å². The molecule has 4 aliphatic rings. The van der Waals surface area contributed by atoms with E-state index in [0.717, 1.165) is 52.1 Å². The van der Waals surface area contributed by atoms with E-state index in [1.165, 1.54) is 14.0 Å². The summed E-state index contributed by atoms with van der Waals surface area (Å²) in [6, 6.07) is 18.0. The minimum Gasteiger partial charge on any atom is -0.496 e. The van der Waals surface area contributed by atoms with E-state index in [2.05, 4.69) is 82.2 Å². The minimum atomic E-state index is -2.19. The molecule has 1 spiro atoms. The minimum absolute atomic E-state index is 0.177. The summed E-state index contributed by atoms with van der Waals surface area (Å²) in [6.07, 6.45) is 7.92. The zero-order chi connectivity index (χ0) is 35.2. The Hall–Kier alpha value is -4.67. The van der Waals surface area contributed by atoms with Crippen LogP contribution in [0.1, 0.15) is 55.0 Å². The standard InChI is InChI=1S/C40H44N4O6/c1-7-38-15-11-18-44-19-16-39(34(38)44)28-21-27(33(26-13-10-17-41-23-26)31-20-25-12-8-9-14-29(25)42(31)3)32(48-5)22-30(28)43(4)35(39)40(47,37(46)49-6)36(38)50-24(2)45/h8-15,17,20-23,33-36,47H,7,16,18-19H2,1-6H3. The highest BCUT2D eigenvalue weighted by Crippen LogP contribution is 2.68. The Kier molecular flexibility index (Phi) is 7.44. The summed E-state index contributed by atoms with van der Waals surface area (Å²) in [5.74, 6) is -0.938. The van der Waals surface area contributed by atoms with Gasteiger partial charge in [-0.2, -0.15) is 0 Å². The molecule has 0 amide bonds. The lowest BCUT2D eigenvalue weighted by Gasteiger charge is -2.63. The van der Waals surface area contributed by atoms with E-state index in [4.69, 9.17) is 14.2 Å². The van der Waals surface area contributed by atoms with E-state index in [1.54, 1.807) is 13.3 Å². The molecule has 1 N–H and O–H groups in total. The Bertz CT molecular complexity index is 2040. The van der Waals surface area contributed by atoms with Crippen molar-refractivity contribution in [3.05, 3.63) is 102 Å². The SMILES string of the molecule is CCC12C=CCN3CCC4(c5cc(C(c6cccnc6)c6cc7ccccc7n6C)c(OC)cc5N(C)C4C(O)(C(=O)OC)C1OC(C)=O)C32. The summed E-state index contributed by atoms with van der Waals surface area (Å²) in [5, 5.41) is 14.2. The van der Waals surface area contributed by atoms with Gasteiger partial charge >= 0.3 is 11.9 Å². The van der Waals surface area contributed by atoms with E-state index in [1.807, 2.05) is 31.1 Å². The van der Waals surface area contributed by atoms with Gasteiger partial charge in [0, 0.05) is 85.4 Å². The zero-order valence-corrected chi connectivity index (χ0v) is 29.4. The smallest absolute Gasteiger partial charge is 0.344 e. The molecule has 1 saturated heterocycles. The van der Waals surface area contributed by atoms with E-state index >= 15 is 0 Å². The van der Waals surface area contributed by atoms with Gasteiger partial charge < -0.3 is 28.8 Å².